The molecule has 0 aliphatic carbocycles. The highest BCUT2D eigenvalue weighted by atomic mass is 32.1. The molecule has 2 heterocycles. The van der Waals surface area contributed by atoms with Gasteiger partial charge in [0, 0.05) is 30.6 Å². The molecule has 2 N–H and O–H groups in total. The van der Waals surface area contributed by atoms with Gasteiger partial charge in [0.25, 0.3) is 0 Å². The molecule has 1 aromatic rings. The molecule has 26 heavy (non-hydrogen) atoms. The van der Waals surface area contributed by atoms with Gasteiger partial charge in [-0.15, -0.1) is 17.3 Å². The van der Waals surface area contributed by atoms with Gasteiger partial charge in [-0.1, -0.05) is 24.1 Å². The molecule has 6 nitrogen and oxygen atoms in total. The van der Waals surface area contributed by atoms with Crippen molar-refractivity contribution in [3.63, 3.8) is 0 Å². The second kappa shape index (κ2) is 10.6. The quantitative estimate of drug-likeness (QED) is 0.413. The largest absolute Gasteiger partial charge is 0.481 e. The lowest BCUT2D eigenvalue weighted by Gasteiger charge is -2.31. The summed E-state index contributed by atoms with van der Waals surface area (Å²) in [4.78, 5) is 25.1. The molecule has 7 heteroatoms. The number of unbranched alkanes of at least 4 members (excludes halogenated alkanes) is 1. The zero-order valence-corrected chi connectivity index (χ0v) is 15.3. The van der Waals surface area contributed by atoms with E-state index in [0.29, 0.717) is 32.3 Å². The molecule has 2 unspecified atom stereocenters. The molecule has 2 atom stereocenters. The SMILES string of the molecule is O=C(O)CCCC#CCN1C(=O)OCCC1/C=C/C(O)Cc1cccs1. The van der Waals surface area contributed by atoms with Gasteiger partial charge in [0.05, 0.1) is 25.3 Å². The highest BCUT2D eigenvalue weighted by Crippen LogP contribution is 2.16. The predicted molar refractivity (Wildman–Crippen MR) is 98.9 cm³/mol. The molecule has 1 amide bonds. The summed E-state index contributed by atoms with van der Waals surface area (Å²) in [6.07, 6.45) is 4.80. The van der Waals surface area contributed by atoms with Crippen LogP contribution < -0.4 is 0 Å². The number of hydrogen-bond acceptors (Lipinski definition) is 5. The van der Waals surface area contributed by atoms with Crippen LogP contribution in [0.1, 0.15) is 30.6 Å². The third kappa shape index (κ3) is 6.90. The highest BCUT2D eigenvalue weighted by Gasteiger charge is 2.27. The van der Waals surface area contributed by atoms with Crippen LogP contribution in [0.25, 0.3) is 0 Å². The Bertz CT molecular complexity index is 674. The van der Waals surface area contributed by atoms with E-state index < -0.39 is 18.2 Å². The summed E-state index contributed by atoms with van der Waals surface area (Å²) in [5.74, 6) is 4.95. The molecule has 140 valence electrons. The topological polar surface area (TPSA) is 87.1 Å². The van der Waals surface area contributed by atoms with Gasteiger partial charge in [0.15, 0.2) is 0 Å². The van der Waals surface area contributed by atoms with E-state index in [2.05, 4.69) is 11.8 Å². The average molecular weight is 377 g/mol. The second-order valence-corrected chi connectivity index (χ2v) is 6.97. The first-order valence-corrected chi connectivity index (χ1v) is 9.44. The second-order valence-electron chi connectivity index (χ2n) is 5.93. The Kier molecular flexibility index (Phi) is 8.19. The number of aliphatic carboxylic acids is 1. The molecule has 0 bridgehead atoms. The van der Waals surface area contributed by atoms with Gasteiger partial charge in [0.1, 0.15) is 0 Å². The van der Waals surface area contributed by atoms with Crippen LogP contribution in [0.4, 0.5) is 4.79 Å². The molecular weight excluding hydrogens is 354 g/mol. The van der Waals surface area contributed by atoms with E-state index in [-0.39, 0.29) is 19.0 Å². The van der Waals surface area contributed by atoms with Gasteiger partial charge < -0.3 is 14.9 Å². The van der Waals surface area contributed by atoms with Gasteiger partial charge >= 0.3 is 12.1 Å². The Morgan fingerprint density at radius 2 is 2.35 bits per heavy atom. The molecule has 0 aromatic carbocycles. The number of thiophene rings is 1. The van der Waals surface area contributed by atoms with E-state index in [0.717, 1.165) is 4.88 Å². The molecule has 0 saturated carbocycles. The van der Waals surface area contributed by atoms with Crippen LogP contribution in [0.3, 0.4) is 0 Å². The Hall–Kier alpha value is -2.30. The molecule has 1 aliphatic rings. The third-order valence-corrected chi connectivity index (χ3v) is 4.79. The number of hydrogen-bond donors (Lipinski definition) is 2. The maximum atomic E-state index is 12.0. The van der Waals surface area contributed by atoms with Crippen molar-refractivity contribution >= 4 is 23.4 Å². The number of rotatable bonds is 8. The molecule has 1 fully saturated rings. The van der Waals surface area contributed by atoms with E-state index in [4.69, 9.17) is 9.84 Å². The fourth-order valence-corrected chi connectivity index (χ4v) is 3.30. The summed E-state index contributed by atoms with van der Waals surface area (Å²) >= 11 is 1.60. The summed E-state index contributed by atoms with van der Waals surface area (Å²) < 4.78 is 5.07. The minimum atomic E-state index is -0.835. The number of cyclic esters (lactones) is 1. The van der Waals surface area contributed by atoms with Gasteiger partial charge in [-0.2, -0.15) is 0 Å². The van der Waals surface area contributed by atoms with E-state index >= 15 is 0 Å². The number of ether oxygens (including phenoxy) is 1. The van der Waals surface area contributed by atoms with Crippen molar-refractivity contribution in [2.75, 3.05) is 13.2 Å². The van der Waals surface area contributed by atoms with E-state index in [1.165, 1.54) is 4.90 Å². The molecular formula is C19H23NO5S. The van der Waals surface area contributed by atoms with Gasteiger partial charge in [-0.05, 0) is 17.9 Å². The average Bonchev–Trinajstić information content (AvgIpc) is 3.10. The maximum Gasteiger partial charge on any atom is 0.411 e. The first-order valence-electron chi connectivity index (χ1n) is 8.56. The molecule has 1 aliphatic heterocycles. The Labute approximate surface area is 157 Å². The van der Waals surface area contributed by atoms with Gasteiger partial charge in [0.2, 0.25) is 0 Å². The molecule has 1 aromatic heterocycles. The number of aliphatic hydroxyl groups excluding tert-OH is 1. The fourth-order valence-electron chi connectivity index (χ4n) is 2.54. The fraction of sp³-hybridized carbons (Fsp3) is 0.474. The van der Waals surface area contributed by atoms with Crippen molar-refractivity contribution in [1.82, 2.24) is 4.90 Å². The van der Waals surface area contributed by atoms with Crippen LogP contribution in [-0.4, -0.2) is 52.5 Å². The standard InChI is InChI=1S/C19H23NO5S/c21-16(14-17-6-5-13-26-17)9-8-15-10-12-25-19(24)20(15)11-4-2-1-3-7-18(22)23/h5-6,8-9,13,15-16,21H,1,3,7,10-12,14H2,(H,22,23)/b9-8+. The monoisotopic (exact) mass is 377 g/mol. The summed E-state index contributed by atoms with van der Waals surface area (Å²) in [6.45, 7) is 0.569. The summed E-state index contributed by atoms with van der Waals surface area (Å²) in [5, 5.41) is 20.7. The van der Waals surface area contributed by atoms with Crippen LogP contribution in [-0.2, 0) is 16.0 Å². The molecule has 0 spiro atoms. The minimum absolute atomic E-state index is 0.0912. The lowest BCUT2D eigenvalue weighted by Crippen LogP contribution is -2.44. The smallest absolute Gasteiger partial charge is 0.411 e. The van der Waals surface area contributed by atoms with Crippen molar-refractivity contribution in [2.45, 2.75) is 44.2 Å². The molecule has 1 saturated heterocycles. The number of amides is 1. The van der Waals surface area contributed by atoms with Crippen LogP contribution in [0.2, 0.25) is 0 Å². The van der Waals surface area contributed by atoms with E-state index in [1.54, 1.807) is 17.4 Å². The normalized spacial score (nSPS) is 18.3. The number of carbonyl (C=O) groups excluding carboxylic acids is 1. The van der Waals surface area contributed by atoms with Crippen LogP contribution in [0.15, 0.2) is 29.7 Å². The number of aliphatic hydroxyl groups is 1. The minimum Gasteiger partial charge on any atom is -0.481 e. The summed E-state index contributed by atoms with van der Waals surface area (Å²) in [6, 6.07) is 3.76. The first-order chi connectivity index (χ1) is 12.6. The van der Waals surface area contributed by atoms with Crippen molar-refractivity contribution in [2.24, 2.45) is 0 Å². The summed E-state index contributed by atoms with van der Waals surface area (Å²) in [5.41, 5.74) is 0. The molecule has 2 rings (SSSR count). The predicted octanol–water partition coefficient (Wildman–Crippen LogP) is 2.68. The zero-order valence-electron chi connectivity index (χ0n) is 14.5. The lowest BCUT2D eigenvalue weighted by molar-refractivity contribution is -0.137. The number of carbonyl (C=O) groups is 2. The highest BCUT2D eigenvalue weighted by molar-refractivity contribution is 7.09. The summed E-state index contributed by atoms with van der Waals surface area (Å²) in [7, 11) is 0. The number of nitrogens with zero attached hydrogens (tertiary/aromatic N) is 1. The zero-order chi connectivity index (χ0) is 18.8. The number of carboxylic acid groups (broad SMARTS) is 1. The van der Waals surface area contributed by atoms with Crippen LogP contribution in [0, 0.1) is 11.8 Å². The Morgan fingerprint density at radius 1 is 1.50 bits per heavy atom. The van der Waals surface area contributed by atoms with Crippen molar-refractivity contribution in [3.05, 3.63) is 34.5 Å². The van der Waals surface area contributed by atoms with Crippen molar-refractivity contribution in [1.29, 1.82) is 0 Å². The van der Waals surface area contributed by atoms with Gasteiger partial charge in [-0.3, -0.25) is 9.69 Å². The third-order valence-electron chi connectivity index (χ3n) is 3.89. The van der Waals surface area contributed by atoms with Gasteiger partial charge in [-0.25, -0.2) is 4.79 Å². The van der Waals surface area contributed by atoms with Crippen molar-refractivity contribution < 1.29 is 24.5 Å². The van der Waals surface area contributed by atoms with Crippen molar-refractivity contribution in [3.8, 4) is 11.8 Å². The Morgan fingerprint density at radius 3 is 3.08 bits per heavy atom. The number of carboxylic acids is 1. The first kappa shape index (κ1) is 20.0. The Balaban J connectivity index is 1.86. The van der Waals surface area contributed by atoms with E-state index in [9.17, 15) is 14.7 Å². The lowest BCUT2D eigenvalue weighted by atomic mass is 10.1. The molecule has 0 radical (unpaired) electrons. The van der Waals surface area contributed by atoms with E-state index in [1.807, 2.05) is 23.6 Å². The maximum absolute atomic E-state index is 12.0. The van der Waals surface area contributed by atoms with Crippen LogP contribution >= 0.6 is 11.3 Å². The van der Waals surface area contributed by atoms with Crippen LogP contribution in [0.5, 0.6) is 0 Å².